The molecule has 3 heteroatoms. The minimum Gasteiger partial charge on any atom is -0.493 e. The molecule has 2 N–H and O–H groups in total. The summed E-state index contributed by atoms with van der Waals surface area (Å²) < 4.78 is 5.78. The zero-order valence-corrected chi connectivity index (χ0v) is 16.3. The molecular weight excluding hydrogens is 322 g/mol. The lowest BCUT2D eigenvalue weighted by Gasteiger charge is -2.49. The van der Waals surface area contributed by atoms with Crippen LogP contribution in [0.15, 0.2) is 23.8 Å². The molecule has 2 saturated carbocycles. The van der Waals surface area contributed by atoms with Crippen molar-refractivity contribution >= 4 is 5.91 Å². The number of primary amides is 1. The second-order valence-electron chi connectivity index (χ2n) is 8.57. The summed E-state index contributed by atoms with van der Waals surface area (Å²) in [6.45, 7) is 7.23. The SMILES string of the molecule is C/C=C1\CCC2C3CCc4cc(C(N)=O)c(OCC)cc4C3CC[C@]12C. The third-order valence-corrected chi connectivity index (χ3v) is 7.59. The van der Waals surface area contributed by atoms with E-state index in [0.29, 0.717) is 29.3 Å². The van der Waals surface area contributed by atoms with Gasteiger partial charge in [0.1, 0.15) is 5.75 Å². The van der Waals surface area contributed by atoms with E-state index in [1.54, 1.807) is 5.57 Å². The molecule has 3 unspecified atom stereocenters. The molecule has 0 aliphatic heterocycles. The van der Waals surface area contributed by atoms with Crippen molar-refractivity contribution in [2.24, 2.45) is 23.0 Å². The van der Waals surface area contributed by atoms with Gasteiger partial charge in [-0.3, -0.25) is 4.79 Å². The Morgan fingerprint density at radius 1 is 1.31 bits per heavy atom. The third kappa shape index (κ3) is 2.51. The fraction of sp³-hybridized carbons (Fsp3) is 0.609. The lowest BCUT2D eigenvalue weighted by Crippen LogP contribution is -2.40. The number of amides is 1. The zero-order chi connectivity index (χ0) is 18.5. The van der Waals surface area contributed by atoms with Crippen LogP contribution in [-0.4, -0.2) is 12.5 Å². The first-order valence-corrected chi connectivity index (χ1v) is 10.2. The second-order valence-corrected chi connectivity index (χ2v) is 8.57. The van der Waals surface area contributed by atoms with Crippen LogP contribution in [-0.2, 0) is 6.42 Å². The van der Waals surface area contributed by atoms with E-state index >= 15 is 0 Å². The predicted molar refractivity (Wildman–Crippen MR) is 105 cm³/mol. The third-order valence-electron chi connectivity index (χ3n) is 7.59. The van der Waals surface area contributed by atoms with Crippen LogP contribution in [0, 0.1) is 17.3 Å². The molecule has 0 saturated heterocycles. The van der Waals surface area contributed by atoms with Crippen molar-refractivity contribution in [3.63, 3.8) is 0 Å². The highest BCUT2D eigenvalue weighted by Crippen LogP contribution is 2.62. The molecular formula is C23H31NO2. The summed E-state index contributed by atoms with van der Waals surface area (Å²) in [7, 11) is 0. The van der Waals surface area contributed by atoms with E-state index < -0.39 is 0 Å². The summed E-state index contributed by atoms with van der Waals surface area (Å²) in [5, 5.41) is 0. The summed E-state index contributed by atoms with van der Waals surface area (Å²) in [4.78, 5) is 11.9. The van der Waals surface area contributed by atoms with Crippen LogP contribution in [0.1, 0.15) is 80.3 Å². The zero-order valence-electron chi connectivity index (χ0n) is 16.3. The van der Waals surface area contributed by atoms with Gasteiger partial charge in [0, 0.05) is 0 Å². The van der Waals surface area contributed by atoms with Crippen molar-refractivity contribution in [1.29, 1.82) is 0 Å². The molecule has 3 nitrogen and oxygen atoms in total. The average molecular weight is 354 g/mol. The largest absolute Gasteiger partial charge is 0.493 e. The Labute approximate surface area is 157 Å². The van der Waals surface area contributed by atoms with Crippen LogP contribution in [0.5, 0.6) is 5.75 Å². The fourth-order valence-corrected chi connectivity index (χ4v) is 6.39. The number of aryl methyl sites for hydroxylation is 1. The molecule has 26 heavy (non-hydrogen) atoms. The topological polar surface area (TPSA) is 52.3 Å². The number of ether oxygens (including phenoxy) is 1. The van der Waals surface area contributed by atoms with Gasteiger partial charge in [0.05, 0.1) is 12.2 Å². The summed E-state index contributed by atoms with van der Waals surface area (Å²) in [6.07, 6.45) is 9.80. The van der Waals surface area contributed by atoms with Crippen LogP contribution >= 0.6 is 0 Å². The maximum absolute atomic E-state index is 11.9. The highest BCUT2D eigenvalue weighted by atomic mass is 16.5. The molecule has 0 spiro atoms. The molecule has 2 fully saturated rings. The molecule has 0 heterocycles. The highest BCUT2D eigenvalue weighted by Gasteiger charge is 2.52. The van der Waals surface area contributed by atoms with Crippen molar-refractivity contribution < 1.29 is 9.53 Å². The first-order valence-electron chi connectivity index (χ1n) is 10.2. The molecule has 4 atom stereocenters. The monoisotopic (exact) mass is 353 g/mol. The first kappa shape index (κ1) is 17.6. The molecule has 0 radical (unpaired) electrons. The van der Waals surface area contributed by atoms with Crippen LogP contribution < -0.4 is 10.5 Å². The number of allylic oxidation sites excluding steroid dienone is 2. The number of rotatable bonds is 3. The maximum Gasteiger partial charge on any atom is 0.252 e. The molecule has 0 bridgehead atoms. The molecule has 140 valence electrons. The number of fused-ring (bicyclic) bond motifs is 5. The normalized spacial score (nSPS) is 34.1. The minimum atomic E-state index is -0.386. The van der Waals surface area contributed by atoms with Crippen LogP contribution in [0.25, 0.3) is 0 Å². The second kappa shape index (κ2) is 6.44. The standard InChI is InChI=1S/C23H31NO2/c1-4-15-7-9-20-17-8-6-14-12-19(22(24)25)21(26-5-2)13-18(14)16(17)10-11-23(15,20)3/h4,12-13,16-17,20H,5-11H2,1-3H3,(H2,24,25)/b15-4+/t16?,17?,20?,23-/m1/s1. The summed E-state index contributed by atoms with van der Waals surface area (Å²) in [5.41, 5.74) is 11.0. The van der Waals surface area contributed by atoms with E-state index in [2.05, 4.69) is 26.0 Å². The van der Waals surface area contributed by atoms with Gasteiger partial charge < -0.3 is 10.5 Å². The lowest BCUT2D eigenvalue weighted by atomic mass is 9.55. The van der Waals surface area contributed by atoms with Crippen LogP contribution in [0.3, 0.4) is 0 Å². The molecule has 4 rings (SSSR count). The Hall–Kier alpha value is -1.77. The van der Waals surface area contributed by atoms with E-state index in [4.69, 9.17) is 10.5 Å². The lowest BCUT2D eigenvalue weighted by molar-refractivity contribution is 0.0811. The van der Waals surface area contributed by atoms with E-state index in [1.165, 1.54) is 43.2 Å². The number of benzene rings is 1. The Morgan fingerprint density at radius 3 is 2.81 bits per heavy atom. The van der Waals surface area contributed by atoms with E-state index in [0.717, 1.165) is 18.3 Å². The molecule has 0 aromatic heterocycles. The summed E-state index contributed by atoms with van der Waals surface area (Å²) in [6, 6.07) is 4.16. The molecule has 1 aromatic carbocycles. The predicted octanol–water partition coefficient (Wildman–Crippen LogP) is 4.99. The number of hydrogen-bond acceptors (Lipinski definition) is 2. The van der Waals surface area contributed by atoms with Gasteiger partial charge in [0.2, 0.25) is 0 Å². The van der Waals surface area contributed by atoms with E-state index in [9.17, 15) is 4.79 Å². The van der Waals surface area contributed by atoms with Crippen molar-refractivity contribution in [2.75, 3.05) is 6.61 Å². The van der Waals surface area contributed by atoms with Gasteiger partial charge in [-0.25, -0.2) is 0 Å². The maximum atomic E-state index is 11.9. The Bertz CT molecular complexity index is 766. The number of carbonyl (C=O) groups excluding carboxylic acids is 1. The quantitative estimate of drug-likeness (QED) is 0.779. The Kier molecular flexibility index (Phi) is 4.37. The van der Waals surface area contributed by atoms with Crippen molar-refractivity contribution in [2.45, 2.75) is 65.2 Å². The van der Waals surface area contributed by atoms with E-state index in [1.807, 2.05) is 13.0 Å². The van der Waals surface area contributed by atoms with Gasteiger partial charge in [-0.15, -0.1) is 0 Å². The Balaban J connectivity index is 1.73. The summed E-state index contributed by atoms with van der Waals surface area (Å²) >= 11 is 0. The minimum absolute atomic E-state index is 0.386. The number of hydrogen-bond donors (Lipinski definition) is 1. The fourth-order valence-electron chi connectivity index (χ4n) is 6.39. The van der Waals surface area contributed by atoms with Crippen molar-refractivity contribution in [3.05, 3.63) is 40.5 Å². The highest BCUT2D eigenvalue weighted by molar-refractivity contribution is 5.96. The van der Waals surface area contributed by atoms with E-state index in [-0.39, 0.29) is 5.91 Å². The average Bonchev–Trinajstić information content (AvgIpc) is 2.97. The van der Waals surface area contributed by atoms with Crippen LogP contribution in [0.4, 0.5) is 0 Å². The number of nitrogens with two attached hydrogens (primary N) is 1. The van der Waals surface area contributed by atoms with Gasteiger partial charge in [0.25, 0.3) is 5.91 Å². The molecule has 3 aliphatic rings. The van der Waals surface area contributed by atoms with Gasteiger partial charge in [0.15, 0.2) is 0 Å². The molecule has 1 amide bonds. The van der Waals surface area contributed by atoms with Crippen molar-refractivity contribution in [3.8, 4) is 5.75 Å². The Morgan fingerprint density at radius 2 is 2.12 bits per heavy atom. The van der Waals surface area contributed by atoms with Gasteiger partial charge in [-0.1, -0.05) is 18.6 Å². The molecule has 3 aliphatic carbocycles. The van der Waals surface area contributed by atoms with Gasteiger partial charge in [-0.2, -0.15) is 0 Å². The van der Waals surface area contributed by atoms with Gasteiger partial charge in [-0.05, 0) is 98.8 Å². The molecule has 1 aromatic rings. The van der Waals surface area contributed by atoms with Crippen LogP contribution in [0.2, 0.25) is 0 Å². The van der Waals surface area contributed by atoms with Crippen molar-refractivity contribution in [1.82, 2.24) is 0 Å². The van der Waals surface area contributed by atoms with Gasteiger partial charge >= 0.3 is 0 Å². The summed E-state index contributed by atoms with van der Waals surface area (Å²) in [5.74, 6) is 2.45. The smallest absolute Gasteiger partial charge is 0.252 e. The first-order chi connectivity index (χ1) is 12.5. The number of carbonyl (C=O) groups is 1.